The monoisotopic (exact) mass is 549 g/mol. The van der Waals surface area contributed by atoms with E-state index in [4.69, 9.17) is 11.6 Å². The van der Waals surface area contributed by atoms with Crippen LogP contribution in [-0.2, 0) is 17.6 Å². The molecule has 7 nitrogen and oxygen atoms in total. The van der Waals surface area contributed by atoms with E-state index in [9.17, 15) is 9.59 Å². The highest BCUT2D eigenvalue weighted by Gasteiger charge is 2.27. The number of aryl methyl sites for hydroxylation is 2. The van der Waals surface area contributed by atoms with Crippen LogP contribution in [0.3, 0.4) is 0 Å². The number of hydrogen-bond donors (Lipinski definition) is 1. The summed E-state index contributed by atoms with van der Waals surface area (Å²) >= 11 is 9.08. The smallest absolute Gasteiger partial charge is 0.268 e. The summed E-state index contributed by atoms with van der Waals surface area (Å²) in [6.07, 6.45) is 2.94. The maximum atomic E-state index is 14.0. The summed E-state index contributed by atoms with van der Waals surface area (Å²) in [4.78, 5) is 28.8. The van der Waals surface area contributed by atoms with E-state index in [0.717, 1.165) is 46.3 Å². The zero-order valence-electron chi connectivity index (χ0n) is 20.3. The summed E-state index contributed by atoms with van der Waals surface area (Å²) in [5, 5.41) is 13.7. The van der Waals surface area contributed by atoms with Crippen molar-refractivity contribution in [2.24, 2.45) is 5.92 Å². The Bertz CT molecular complexity index is 1700. The van der Waals surface area contributed by atoms with Gasteiger partial charge in [-0.1, -0.05) is 48.0 Å². The molecule has 6 rings (SSSR count). The van der Waals surface area contributed by atoms with E-state index in [-0.39, 0.29) is 17.2 Å². The molecule has 5 aromatic rings. The Morgan fingerprint density at radius 1 is 1.16 bits per heavy atom. The molecule has 1 amide bonds. The van der Waals surface area contributed by atoms with Crippen LogP contribution in [0.2, 0.25) is 5.02 Å². The number of benzene rings is 2. The first kappa shape index (κ1) is 24.2. The zero-order valence-corrected chi connectivity index (χ0v) is 22.7. The zero-order chi connectivity index (χ0) is 25.7. The number of thiophene rings is 1. The Morgan fingerprint density at radius 3 is 2.68 bits per heavy atom. The van der Waals surface area contributed by atoms with Crippen molar-refractivity contribution in [2.45, 2.75) is 38.3 Å². The number of carbonyl (C=O) groups excluding carboxylic acids is 1. The molecule has 0 aliphatic heterocycles. The molecule has 1 atom stereocenters. The second kappa shape index (κ2) is 9.63. The molecule has 3 aromatic heterocycles. The summed E-state index contributed by atoms with van der Waals surface area (Å²) < 4.78 is 3.54. The van der Waals surface area contributed by atoms with Crippen molar-refractivity contribution in [1.82, 2.24) is 19.2 Å². The lowest BCUT2D eigenvalue weighted by atomic mass is 9.89. The fourth-order valence-electron chi connectivity index (χ4n) is 4.79. The number of fused-ring (bicyclic) bond motifs is 5. The van der Waals surface area contributed by atoms with Gasteiger partial charge in [-0.05, 0) is 74.1 Å². The van der Waals surface area contributed by atoms with E-state index in [0.29, 0.717) is 27.6 Å². The van der Waals surface area contributed by atoms with Crippen molar-refractivity contribution in [1.29, 1.82) is 0 Å². The first-order valence-electron chi connectivity index (χ1n) is 12.1. The molecule has 2 aromatic carbocycles. The average Bonchev–Trinajstić information content (AvgIpc) is 3.47. The molecule has 0 saturated heterocycles. The van der Waals surface area contributed by atoms with Crippen LogP contribution in [0.1, 0.15) is 29.3 Å². The largest absolute Gasteiger partial charge is 0.325 e. The van der Waals surface area contributed by atoms with Gasteiger partial charge in [-0.25, -0.2) is 8.97 Å². The van der Waals surface area contributed by atoms with Gasteiger partial charge in [-0.15, -0.1) is 21.5 Å². The average molecular weight is 550 g/mol. The maximum absolute atomic E-state index is 14.0. The minimum atomic E-state index is -0.132. The Kier molecular flexibility index (Phi) is 6.30. The van der Waals surface area contributed by atoms with Crippen LogP contribution in [0.5, 0.6) is 0 Å². The summed E-state index contributed by atoms with van der Waals surface area (Å²) in [5.41, 5.74) is 3.59. The van der Waals surface area contributed by atoms with Gasteiger partial charge in [0.2, 0.25) is 11.7 Å². The predicted octanol–water partition coefficient (Wildman–Crippen LogP) is 5.91. The van der Waals surface area contributed by atoms with Crippen molar-refractivity contribution in [3.05, 3.63) is 79.9 Å². The molecule has 0 bridgehead atoms. The second-order valence-corrected chi connectivity index (χ2v) is 11.9. The van der Waals surface area contributed by atoms with Crippen LogP contribution in [0.4, 0.5) is 5.69 Å². The third-order valence-corrected chi connectivity index (χ3v) is 9.14. The van der Waals surface area contributed by atoms with E-state index in [1.54, 1.807) is 28.0 Å². The number of amides is 1. The quantitative estimate of drug-likeness (QED) is 0.275. The van der Waals surface area contributed by atoms with E-state index >= 15 is 0 Å². The van der Waals surface area contributed by atoms with Crippen molar-refractivity contribution in [2.75, 3.05) is 11.1 Å². The Hall–Kier alpha value is -3.14. The summed E-state index contributed by atoms with van der Waals surface area (Å²) in [6, 6.07) is 14.8. The van der Waals surface area contributed by atoms with Gasteiger partial charge in [0.1, 0.15) is 4.83 Å². The first-order chi connectivity index (χ1) is 17.9. The summed E-state index contributed by atoms with van der Waals surface area (Å²) in [7, 11) is 0. The molecular weight excluding hydrogens is 526 g/mol. The number of rotatable bonds is 5. The molecule has 0 fully saturated rings. The number of nitrogens with zero attached hydrogens (tertiary/aromatic N) is 4. The molecule has 188 valence electrons. The van der Waals surface area contributed by atoms with E-state index < -0.39 is 0 Å². The Balaban J connectivity index is 1.45. The minimum absolute atomic E-state index is 0.0995. The molecule has 10 heteroatoms. The van der Waals surface area contributed by atoms with Gasteiger partial charge in [-0.2, -0.15) is 0 Å². The Labute approximate surface area is 226 Å². The van der Waals surface area contributed by atoms with Gasteiger partial charge in [0.15, 0.2) is 5.16 Å². The molecule has 1 aliphatic rings. The number of nitrogens with one attached hydrogen (secondary N) is 1. The number of anilines is 1. The molecule has 1 N–H and O–H groups in total. The van der Waals surface area contributed by atoms with Crippen LogP contribution >= 0.6 is 34.7 Å². The predicted molar refractivity (Wildman–Crippen MR) is 151 cm³/mol. The van der Waals surface area contributed by atoms with Crippen LogP contribution < -0.4 is 10.9 Å². The number of hydrogen-bond acceptors (Lipinski definition) is 6. The van der Waals surface area contributed by atoms with Gasteiger partial charge in [-0.3, -0.25) is 9.59 Å². The van der Waals surface area contributed by atoms with Crippen LogP contribution in [-0.4, -0.2) is 30.8 Å². The Morgan fingerprint density at radius 2 is 1.92 bits per heavy atom. The van der Waals surface area contributed by atoms with Crippen LogP contribution in [0, 0.1) is 12.8 Å². The fraction of sp³-hybridized carbons (Fsp3) is 0.259. The second-order valence-electron chi connectivity index (χ2n) is 9.47. The number of thioether (sulfide) groups is 1. The molecule has 0 saturated carbocycles. The van der Waals surface area contributed by atoms with Crippen molar-refractivity contribution in [3.8, 4) is 5.69 Å². The summed E-state index contributed by atoms with van der Waals surface area (Å²) in [6.45, 7) is 4.24. The SMILES string of the molecule is Cc1ccc(NC(=O)CSc2nnc3n(-c4ccc(Cl)cc4)c(=O)c4c5c(sc4n23)CCC(C)C5)cc1. The van der Waals surface area contributed by atoms with Gasteiger partial charge in [0.25, 0.3) is 5.56 Å². The van der Waals surface area contributed by atoms with Crippen LogP contribution in [0.25, 0.3) is 21.7 Å². The fourth-order valence-corrected chi connectivity index (χ4v) is 7.04. The molecular formula is C27H24ClN5O2S2. The van der Waals surface area contributed by atoms with Gasteiger partial charge < -0.3 is 5.32 Å². The standard InChI is InChI=1S/C27H24ClN5O2S2/c1-15-3-8-18(9-4-15)29-22(34)14-36-27-31-30-26-32(19-10-6-17(28)7-11-19)24(35)23-20-13-16(2)5-12-21(20)37-25(23)33(26)27/h3-4,6-11,16H,5,12-14H2,1-2H3,(H,29,34). The van der Waals surface area contributed by atoms with Gasteiger partial charge in [0, 0.05) is 15.6 Å². The number of carbonyl (C=O) groups is 1. The lowest BCUT2D eigenvalue weighted by Crippen LogP contribution is -2.23. The minimum Gasteiger partial charge on any atom is -0.325 e. The summed E-state index contributed by atoms with van der Waals surface area (Å²) in [5.74, 6) is 0.975. The molecule has 0 radical (unpaired) electrons. The number of halogens is 1. The van der Waals surface area contributed by atoms with Crippen LogP contribution in [0.15, 0.2) is 58.5 Å². The highest BCUT2D eigenvalue weighted by molar-refractivity contribution is 7.99. The highest BCUT2D eigenvalue weighted by Crippen LogP contribution is 2.38. The molecule has 37 heavy (non-hydrogen) atoms. The van der Waals surface area contributed by atoms with Crippen molar-refractivity contribution < 1.29 is 4.79 Å². The van der Waals surface area contributed by atoms with E-state index in [1.165, 1.54) is 16.6 Å². The number of aromatic nitrogens is 4. The van der Waals surface area contributed by atoms with Crippen molar-refractivity contribution >= 4 is 62.3 Å². The third kappa shape index (κ3) is 4.45. The lowest BCUT2D eigenvalue weighted by molar-refractivity contribution is -0.113. The van der Waals surface area contributed by atoms with Gasteiger partial charge >= 0.3 is 0 Å². The third-order valence-electron chi connectivity index (χ3n) is 6.68. The van der Waals surface area contributed by atoms with Gasteiger partial charge in [0.05, 0.1) is 16.8 Å². The first-order valence-corrected chi connectivity index (χ1v) is 14.3. The van der Waals surface area contributed by atoms with E-state index in [1.807, 2.05) is 47.7 Å². The molecule has 1 unspecified atom stereocenters. The van der Waals surface area contributed by atoms with E-state index in [2.05, 4.69) is 22.4 Å². The molecule has 3 heterocycles. The normalized spacial score (nSPS) is 15.3. The molecule has 0 spiro atoms. The topological polar surface area (TPSA) is 81.3 Å². The highest BCUT2D eigenvalue weighted by atomic mass is 35.5. The molecule has 1 aliphatic carbocycles. The maximum Gasteiger partial charge on any atom is 0.268 e. The lowest BCUT2D eigenvalue weighted by Gasteiger charge is -2.18. The van der Waals surface area contributed by atoms with Crippen molar-refractivity contribution in [3.63, 3.8) is 0 Å².